The highest BCUT2D eigenvalue weighted by atomic mass is 32.2. The fraction of sp³-hybridized carbons (Fsp3) is 0.500. The molecule has 1 aliphatic heterocycles. The summed E-state index contributed by atoms with van der Waals surface area (Å²) in [6, 6.07) is 6.94. The minimum atomic E-state index is -3.35. The predicted molar refractivity (Wildman–Crippen MR) is 71.2 cm³/mol. The van der Waals surface area contributed by atoms with Crippen LogP contribution < -0.4 is 0 Å². The van der Waals surface area contributed by atoms with Gasteiger partial charge in [0.2, 0.25) is 10.0 Å². The van der Waals surface area contributed by atoms with Gasteiger partial charge >= 0.3 is 0 Å². The number of aryl methyl sites for hydroxylation is 1. The van der Waals surface area contributed by atoms with Crippen molar-refractivity contribution in [2.45, 2.75) is 24.7 Å². The summed E-state index contributed by atoms with van der Waals surface area (Å²) in [5.74, 6) is 0.143. The lowest BCUT2D eigenvalue weighted by molar-refractivity contribution is -0.123. The van der Waals surface area contributed by atoms with Gasteiger partial charge in [0.15, 0.2) is 0 Å². The second kappa shape index (κ2) is 4.15. The van der Waals surface area contributed by atoms with E-state index in [1.807, 2.05) is 19.1 Å². The predicted octanol–water partition coefficient (Wildman–Crippen LogP) is 1.59. The van der Waals surface area contributed by atoms with E-state index in [1.54, 1.807) is 12.1 Å². The summed E-state index contributed by atoms with van der Waals surface area (Å²) in [5, 5.41) is 0. The minimum absolute atomic E-state index is 0.0867. The topological polar surface area (TPSA) is 54.5 Å². The van der Waals surface area contributed by atoms with Gasteiger partial charge < -0.3 is 4.79 Å². The second-order valence-electron chi connectivity index (χ2n) is 5.89. The number of carbonyl (C=O) groups excluding carboxylic acids is 1. The van der Waals surface area contributed by atoms with Gasteiger partial charge in [-0.15, -0.1) is 0 Å². The molecule has 0 atom stereocenters. The van der Waals surface area contributed by atoms with Gasteiger partial charge in [0.05, 0.1) is 4.90 Å². The summed E-state index contributed by atoms with van der Waals surface area (Å²) in [4.78, 5) is 11.0. The largest absolute Gasteiger partial charge is 0.303 e. The smallest absolute Gasteiger partial charge is 0.243 e. The van der Waals surface area contributed by atoms with Crippen LogP contribution in [-0.4, -0.2) is 32.1 Å². The van der Waals surface area contributed by atoms with Crippen LogP contribution in [0.5, 0.6) is 0 Å². The molecular weight excluding hydrogens is 262 g/mol. The number of rotatable bonds is 3. The zero-order chi connectivity index (χ0) is 13.7. The van der Waals surface area contributed by atoms with E-state index in [4.69, 9.17) is 0 Å². The minimum Gasteiger partial charge on any atom is -0.303 e. The van der Waals surface area contributed by atoms with Crippen LogP contribution in [0.2, 0.25) is 0 Å². The van der Waals surface area contributed by atoms with Gasteiger partial charge in [-0.2, -0.15) is 4.31 Å². The second-order valence-corrected chi connectivity index (χ2v) is 7.83. The van der Waals surface area contributed by atoms with E-state index in [9.17, 15) is 13.2 Å². The van der Waals surface area contributed by atoms with Gasteiger partial charge in [-0.05, 0) is 37.3 Å². The van der Waals surface area contributed by atoms with Gasteiger partial charge in [-0.3, -0.25) is 0 Å². The maximum atomic E-state index is 12.4. The van der Waals surface area contributed by atoms with Crippen LogP contribution in [0.25, 0.3) is 0 Å². The first-order valence-corrected chi connectivity index (χ1v) is 7.91. The van der Waals surface area contributed by atoms with E-state index < -0.39 is 10.0 Å². The van der Waals surface area contributed by atoms with Gasteiger partial charge in [-0.1, -0.05) is 17.7 Å². The number of hydrogen-bond acceptors (Lipinski definition) is 3. The van der Waals surface area contributed by atoms with Crippen molar-refractivity contribution in [3.05, 3.63) is 29.8 Å². The molecule has 5 heteroatoms. The number of hydrogen-bond donors (Lipinski definition) is 0. The Balaban J connectivity index is 1.71. The molecule has 1 spiro atoms. The molecule has 0 unspecified atom stereocenters. The highest BCUT2D eigenvalue weighted by molar-refractivity contribution is 7.89. The van der Waals surface area contributed by atoms with Gasteiger partial charge in [-0.25, -0.2) is 8.42 Å². The average molecular weight is 279 g/mol. The normalized spacial score (nSPS) is 22.8. The number of nitrogens with zero attached hydrogens (tertiary/aromatic N) is 1. The Bertz CT molecular complexity index is 592. The first-order valence-electron chi connectivity index (χ1n) is 6.47. The molecule has 102 valence electrons. The van der Waals surface area contributed by atoms with Crippen molar-refractivity contribution in [3.63, 3.8) is 0 Å². The monoisotopic (exact) mass is 279 g/mol. The third-order valence-corrected chi connectivity index (χ3v) is 6.07. The Hall–Kier alpha value is -1.20. The zero-order valence-electron chi connectivity index (χ0n) is 10.9. The maximum absolute atomic E-state index is 12.4. The highest BCUT2D eigenvalue weighted by Crippen LogP contribution is 2.52. The van der Waals surface area contributed by atoms with Crippen molar-refractivity contribution < 1.29 is 13.2 Å². The first kappa shape index (κ1) is 12.8. The molecule has 2 fully saturated rings. The SMILES string of the molecule is Cc1ccc(S(=O)(=O)N2CC3(CC(C=O)C3)C2)cc1. The van der Waals surface area contributed by atoms with Crippen molar-refractivity contribution in [1.29, 1.82) is 0 Å². The molecule has 0 N–H and O–H groups in total. The van der Waals surface area contributed by atoms with Crippen LogP contribution >= 0.6 is 0 Å². The van der Waals surface area contributed by atoms with Crippen molar-refractivity contribution >= 4 is 16.3 Å². The molecule has 1 saturated carbocycles. The van der Waals surface area contributed by atoms with Crippen molar-refractivity contribution in [2.24, 2.45) is 11.3 Å². The molecule has 1 saturated heterocycles. The maximum Gasteiger partial charge on any atom is 0.243 e. The summed E-state index contributed by atoms with van der Waals surface area (Å²) in [6.07, 6.45) is 2.68. The van der Waals surface area contributed by atoms with Crippen LogP contribution in [0.1, 0.15) is 18.4 Å². The van der Waals surface area contributed by atoms with Crippen LogP contribution in [0.3, 0.4) is 0 Å². The van der Waals surface area contributed by atoms with Crippen molar-refractivity contribution in [1.82, 2.24) is 4.31 Å². The van der Waals surface area contributed by atoms with E-state index in [-0.39, 0.29) is 11.3 Å². The van der Waals surface area contributed by atoms with Crippen LogP contribution in [0.15, 0.2) is 29.2 Å². The third kappa shape index (κ3) is 2.01. The summed E-state index contributed by atoms with van der Waals surface area (Å²) < 4.78 is 26.2. The highest BCUT2D eigenvalue weighted by Gasteiger charge is 2.55. The first-order chi connectivity index (χ1) is 8.95. The fourth-order valence-corrected chi connectivity index (χ4v) is 4.80. The van der Waals surface area contributed by atoms with E-state index in [0.717, 1.165) is 24.7 Å². The molecule has 4 nitrogen and oxygen atoms in total. The van der Waals surface area contributed by atoms with Crippen molar-refractivity contribution in [2.75, 3.05) is 13.1 Å². The molecule has 1 aromatic carbocycles. The molecule has 1 aliphatic carbocycles. The molecule has 0 aromatic heterocycles. The average Bonchev–Trinajstić information content (AvgIpc) is 2.26. The lowest BCUT2D eigenvalue weighted by atomic mass is 9.59. The number of sulfonamides is 1. The van der Waals surface area contributed by atoms with Crippen LogP contribution in [0, 0.1) is 18.3 Å². The number of carbonyl (C=O) groups is 1. The third-order valence-electron chi connectivity index (χ3n) is 4.27. The molecule has 0 bridgehead atoms. The molecule has 0 radical (unpaired) electrons. The molecule has 0 amide bonds. The Labute approximate surface area is 113 Å². The van der Waals surface area contributed by atoms with Crippen LogP contribution in [0.4, 0.5) is 0 Å². The summed E-state index contributed by atoms with van der Waals surface area (Å²) in [7, 11) is -3.35. The lowest BCUT2D eigenvalue weighted by Gasteiger charge is -2.57. The van der Waals surface area contributed by atoms with E-state index in [1.165, 1.54) is 4.31 Å². The molecular formula is C14H17NO3S. The Morgan fingerprint density at radius 2 is 1.79 bits per heavy atom. The fourth-order valence-electron chi connectivity index (χ4n) is 3.14. The molecule has 3 rings (SSSR count). The number of aldehydes is 1. The zero-order valence-corrected chi connectivity index (χ0v) is 11.7. The summed E-state index contributed by atoms with van der Waals surface area (Å²) >= 11 is 0. The van der Waals surface area contributed by atoms with Gasteiger partial charge in [0.1, 0.15) is 6.29 Å². The van der Waals surface area contributed by atoms with Crippen LogP contribution in [-0.2, 0) is 14.8 Å². The summed E-state index contributed by atoms with van der Waals surface area (Å²) in [6.45, 7) is 3.06. The Morgan fingerprint density at radius 3 is 2.32 bits per heavy atom. The Morgan fingerprint density at radius 1 is 1.21 bits per heavy atom. The molecule has 1 aromatic rings. The Kier molecular flexibility index (Phi) is 2.80. The van der Waals surface area contributed by atoms with E-state index in [2.05, 4.69) is 0 Å². The lowest BCUT2D eigenvalue weighted by Crippen LogP contribution is -2.63. The molecule has 1 heterocycles. The van der Waals surface area contributed by atoms with E-state index >= 15 is 0 Å². The standard InChI is InChI=1S/C14H17NO3S/c1-11-2-4-13(5-3-11)19(17,18)15-9-14(10-15)6-12(7-14)8-16/h2-5,8,12H,6-7,9-10H2,1H3. The van der Waals surface area contributed by atoms with Crippen molar-refractivity contribution in [3.8, 4) is 0 Å². The quantitative estimate of drug-likeness (QED) is 0.790. The van der Waals surface area contributed by atoms with E-state index in [0.29, 0.717) is 18.0 Å². The molecule has 2 aliphatic rings. The number of benzene rings is 1. The van der Waals surface area contributed by atoms with Gasteiger partial charge in [0.25, 0.3) is 0 Å². The van der Waals surface area contributed by atoms with Gasteiger partial charge in [0, 0.05) is 19.0 Å². The summed E-state index contributed by atoms with van der Waals surface area (Å²) in [5.41, 5.74) is 1.13. The molecule has 19 heavy (non-hydrogen) atoms.